The lowest BCUT2D eigenvalue weighted by molar-refractivity contribution is 0.362. The average molecular weight is 236 g/mol. The summed E-state index contributed by atoms with van der Waals surface area (Å²) in [6.07, 6.45) is 3.96. The fourth-order valence-electron chi connectivity index (χ4n) is 1.34. The average Bonchev–Trinajstić information content (AvgIpc) is 2.24. The van der Waals surface area contributed by atoms with Gasteiger partial charge in [0, 0.05) is 5.75 Å². The van der Waals surface area contributed by atoms with Crippen LogP contribution in [0.2, 0.25) is 0 Å². The molecule has 0 aromatic heterocycles. The number of benzene rings is 1. The summed E-state index contributed by atoms with van der Waals surface area (Å²) in [4.78, 5) is 0. The highest BCUT2D eigenvalue weighted by molar-refractivity contribution is 7.80. The fraction of sp³-hybridized carbons (Fsp3) is 0.429. The van der Waals surface area contributed by atoms with Crippen LogP contribution in [-0.4, -0.2) is 12.4 Å². The van der Waals surface area contributed by atoms with Crippen LogP contribution in [0.15, 0.2) is 36.4 Å². The second kappa shape index (κ2) is 6.00. The Labute approximate surface area is 104 Å². The van der Waals surface area contributed by atoms with Crippen LogP contribution >= 0.6 is 12.6 Å². The summed E-state index contributed by atoms with van der Waals surface area (Å²) in [5.74, 6) is 1.67. The molecule has 0 aliphatic heterocycles. The summed E-state index contributed by atoms with van der Waals surface area (Å²) in [5.41, 5.74) is 1.52. The van der Waals surface area contributed by atoms with E-state index in [4.69, 9.17) is 4.74 Å². The van der Waals surface area contributed by atoms with E-state index in [0.717, 1.165) is 11.5 Å². The fourth-order valence-corrected chi connectivity index (χ4v) is 1.49. The number of thiol groups is 1. The first-order chi connectivity index (χ1) is 7.54. The Morgan fingerprint density at radius 1 is 1.12 bits per heavy atom. The zero-order valence-electron chi connectivity index (χ0n) is 10.2. The zero-order chi connectivity index (χ0) is 12.0. The van der Waals surface area contributed by atoms with Crippen LogP contribution in [0.4, 0.5) is 0 Å². The Balaban J connectivity index is 2.55. The van der Waals surface area contributed by atoms with Crippen LogP contribution < -0.4 is 4.74 Å². The maximum atomic E-state index is 5.55. The molecule has 0 aliphatic rings. The van der Waals surface area contributed by atoms with Crippen LogP contribution in [-0.2, 0) is 5.41 Å². The Morgan fingerprint density at radius 2 is 1.75 bits per heavy atom. The van der Waals surface area contributed by atoms with Gasteiger partial charge in [0.2, 0.25) is 0 Å². The highest BCUT2D eigenvalue weighted by atomic mass is 32.1. The minimum Gasteiger partial charge on any atom is -0.490 e. The maximum absolute atomic E-state index is 5.55. The largest absolute Gasteiger partial charge is 0.490 e. The molecular formula is C14H20OS. The van der Waals surface area contributed by atoms with Crippen molar-refractivity contribution >= 4 is 12.6 Å². The third-order valence-electron chi connectivity index (χ3n) is 2.34. The number of ether oxygens (including phenoxy) is 1. The molecule has 0 amide bonds. The molecule has 0 aliphatic carbocycles. The summed E-state index contributed by atoms with van der Waals surface area (Å²) < 4.78 is 5.55. The lowest BCUT2D eigenvalue weighted by atomic mass is 9.87. The van der Waals surface area contributed by atoms with Gasteiger partial charge in [0.25, 0.3) is 0 Å². The molecule has 1 aromatic rings. The van der Waals surface area contributed by atoms with Crippen molar-refractivity contribution in [1.29, 1.82) is 0 Å². The van der Waals surface area contributed by atoms with Crippen LogP contribution in [0.1, 0.15) is 26.3 Å². The molecule has 0 radical (unpaired) electrons. The zero-order valence-corrected chi connectivity index (χ0v) is 11.1. The summed E-state index contributed by atoms with van der Waals surface area (Å²) in [5, 5.41) is 0. The van der Waals surface area contributed by atoms with Gasteiger partial charge in [0.05, 0.1) is 0 Å². The predicted octanol–water partition coefficient (Wildman–Crippen LogP) is 3.85. The SMILES string of the molecule is CC(C)(C)c1ccc(OCC=CCS)cc1. The molecular weight excluding hydrogens is 216 g/mol. The van der Waals surface area contributed by atoms with Gasteiger partial charge >= 0.3 is 0 Å². The second-order valence-corrected chi connectivity index (χ2v) is 5.10. The van der Waals surface area contributed by atoms with Crippen molar-refractivity contribution in [2.75, 3.05) is 12.4 Å². The van der Waals surface area contributed by atoms with Crippen molar-refractivity contribution in [1.82, 2.24) is 0 Å². The molecule has 16 heavy (non-hydrogen) atoms. The van der Waals surface area contributed by atoms with Gasteiger partial charge in [-0.3, -0.25) is 0 Å². The van der Waals surface area contributed by atoms with E-state index in [1.54, 1.807) is 0 Å². The van der Waals surface area contributed by atoms with E-state index in [1.807, 2.05) is 24.3 Å². The number of hydrogen-bond donors (Lipinski definition) is 1. The van der Waals surface area contributed by atoms with Gasteiger partial charge in [-0.1, -0.05) is 45.1 Å². The summed E-state index contributed by atoms with van der Waals surface area (Å²) in [6, 6.07) is 8.29. The first kappa shape index (κ1) is 13.2. The summed E-state index contributed by atoms with van der Waals surface area (Å²) in [7, 11) is 0. The van der Waals surface area contributed by atoms with Gasteiger partial charge in [-0.25, -0.2) is 0 Å². The minimum absolute atomic E-state index is 0.199. The van der Waals surface area contributed by atoms with E-state index in [2.05, 4.69) is 45.5 Å². The van der Waals surface area contributed by atoms with Crippen molar-refractivity contribution < 1.29 is 4.74 Å². The van der Waals surface area contributed by atoms with Crippen LogP contribution in [0.5, 0.6) is 5.75 Å². The molecule has 0 unspecified atom stereocenters. The second-order valence-electron chi connectivity index (χ2n) is 4.74. The quantitative estimate of drug-likeness (QED) is 0.617. The highest BCUT2D eigenvalue weighted by Gasteiger charge is 2.12. The van der Waals surface area contributed by atoms with Crippen molar-refractivity contribution in [2.45, 2.75) is 26.2 Å². The molecule has 0 atom stereocenters. The molecule has 0 heterocycles. The van der Waals surface area contributed by atoms with Gasteiger partial charge in [-0.05, 0) is 23.1 Å². The van der Waals surface area contributed by atoms with Gasteiger partial charge < -0.3 is 4.74 Å². The molecule has 0 N–H and O–H groups in total. The standard InChI is InChI=1S/C14H20OS/c1-14(2,3)12-6-8-13(9-7-12)15-10-4-5-11-16/h4-9,16H,10-11H2,1-3H3. The monoisotopic (exact) mass is 236 g/mol. The van der Waals surface area contributed by atoms with Crippen LogP contribution in [0.3, 0.4) is 0 Å². The molecule has 1 rings (SSSR count). The lowest BCUT2D eigenvalue weighted by Gasteiger charge is -2.19. The maximum Gasteiger partial charge on any atom is 0.119 e. The van der Waals surface area contributed by atoms with E-state index in [1.165, 1.54) is 5.56 Å². The van der Waals surface area contributed by atoms with E-state index >= 15 is 0 Å². The van der Waals surface area contributed by atoms with Crippen molar-refractivity contribution in [2.24, 2.45) is 0 Å². The molecule has 2 heteroatoms. The Kier molecular flexibility index (Phi) is 4.94. The van der Waals surface area contributed by atoms with Gasteiger partial charge in [-0.15, -0.1) is 0 Å². The number of rotatable bonds is 4. The molecule has 0 bridgehead atoms. The summed E-state index contributed by atoms with van der Waals surface area (Å²) >= 11 is 4.08. The normalized spacial score (nSPS) is 12.0. The van der Waals surface area contributed by atoms with Gasteiger partial charge in [0.1, 0.15) is 12.4 Å². The highest BCUT2D eigenvalue weighted by Crippen LogP contribution is 2.24. The van der Waals surface area contributed by atoms with Crippen molar-refractivity contribution in [3.05, 3.63) is 42.0 Å². The smallest absolute Gasteiger partial charge is 0.119 e. The molecule has 0 spiro atoms. The van der Waals surface area contributed by atoms with Gasteiger partial charge in [-0.2, -0.15) is 12.6 Å². The van der Waals surface area contributed by atoms with E-state index < -0.39 is 0 Å². The molecule has 0 fully saturated rings. The van der Waals surface area contributed by atoms with E-state index in [0.29, 0.717) is 6.61 Å². The Hall–Kier alpha value is -0.890. The Morgan fingerprint density at radius 3 is 2.25 bits per heavy atom. The summed E-state index contributed by atoms with van der Waals surface area (Å²) in [6.45, 7) is 7.23. The Bertz CT molecular complexity index is 333. The molecule has 1 aromatic carbocycles. The predicted molar refractivity (Wildman–Crippen MR) is 73.6 cm³/mol. The first-order valence-electron chi connectivity index (χ1n) is 5.53. The topological polar surface area (TPSA) is 9.23 Å². The van der Waals surface area contributed by atoms with Crippen LogP contribution in [0, 0.1) is 0 Å². The number of hydrogen-bond acceptors (Lipinski definition) is 2. The van der Waals surface area contributed by atoms with Gasteiger partial charge in [0.15, 0.2) is 0 Å². The molecule has 0 saturated heterocycles. The molecule has 1 nitrogen and oxygen atoms in total. The van der Waals surface area contributed by atoms with Crippen molar-refractivity contribution in [3.8, 4) is 5.75 Å². The first-order valence-corrected chi connectivity index (χ1v) is 6.16. The minimum atomic E-state index is 0.199. The molecule has 0 saturated carbocycles. The third-order valence-corrected chi connectivity index (χ3v) is 2.55. The molecule has 88 valence electrons. The van der Waals surface area contributed by atoms with E-state index in [-0.39, 0.29) is 5.41 Å². The van der Waals surface area contributed by atoms with Crippen LogP contribution in [0.25, 0.3) is 0 Å². The van der Waals surface area contributed by atoms with E-state index in [9.17, 15) is 0 Å². The van der Waals surface area contributed by atoms with Crippen molar-refractivity contribution in [3.63, 3.8) is 0 Å². The third kappa shape index (κ3) is 4.31. The lowest BCUT2D eigenvalue weighted by Crippen LogP contribution is -2.10.